The fourth-order valence-corrected chi connectivity index (χ4v) is 1.19. The van der Waals surface area contributed by atoms with Crippen LogP contribution in [0.1, 0.15) is 12.8 Å². The lowest BCUT2D eigenvalue weighted by atomic mass is 10.2. The molecule has 60 valence electrons. The normalized spacial score (nSPS) is 21.6. The van der Waals surface area contributed by atoms with Gasteiger partial charge in [0.25, 0.3) is 0 Å². The minimum atomic E-state index is 0.0305. The van der Waals surface area contributed by atoms with Crippen LogP contribution in [0.2, 0.25) is 0 Å². The lowest BCUT2D eigenvalue weighted by Crippen LogP contribution is -2.38. The molecular weight excluding hydrogens is 130 g/mol. The zero-order valence-electron chi connectivity index (χ0n) is 6.38. The van der Waals surface area contributed by atoms with Crippen LogP contribution in [0.15, 0.2) is 0 Å². The van der Waals surface area contributed by atoms with Crippen molar-refractivity contribution in [2.24, 2.45) is 0 Å². The van der Waals surface area contributed by atoms with Gasteiger partial charge in [-0.15, -0.1) is 0 Å². The smallest absolute Gasteiger partial charge is 0.0615 e. The maximum Gasteiger partial charge on any atom is 0.0615 e. The molecule has 0 amide bonds. The standard InChI is InChI=1S/C7H15NO2/c1-8(4-5-9)7(6-10)2-3-7/h9-10H,2-6H2,1H3. The summed E-state index contributed by atoms with van der Waals surface area (Å²) in [4.78, 5) is 2.03. The molecule has 0 atom stereocenters. The number of aliphatic hydroxyl groups is 2. The van der Waals surface area contributed by atoms with Gasteiger partial charge in [-0.3, -0.25) is 4.90 Å². The molecule has 0 saturated heterocycles. The molecule has 1 saturated carbocycles. The molecule has 0 bridgehead atoms. The molecule has 0 aromatic rings. The van der Waals surface area contributed by atoms with E-state index in [-0.39, 0.29) is 18.8 Å². The van der Waals surface area contributed by atoms with E-state index in [4.69, 9.17) is 10.2 Å². The summed E-state index contributed by atoms with van der Waals surface area (Å²) in [5.41, 5.74) is 0.0305. The van der Waals surface area contributed by atoms with Crippen molar-refractivity contribution in [1.82, 2.24) is 4.90 Å². The van der Waals surface area contributed by atoms with Crippen LogP contribution in [0.4, 0.5) is 0 Å². The minimum absolute atomic E-state index is 0.0305. The Bertz CT molecular complexity index is 112. The van der Waals surface area contributed by atoms with Crippen molar-refractivity contribution >= 4 is 0 Å². The molecule has 3 nitrogen and oxygen atoms in total. The second-order valence-electron chi connectivity index (χ2n) is 3.03. The summed E-state index contributed by atoms with van der Waals surface area (Å²) in [6, 6.07) is 0. The number of β-amino-alcohol motifs (C(OH)–C–C–N with tert-alkyl or cyclic N) is 1. The Balaban J connectivity index is 2.32. The van der Waals surface area contributed by atoms with Gasteiger partial charge in [0.2, 0.25) is 0 Å². The van der Waals surface area contributed by atoms with Gasteiger partial charge in [-0.2, -0.15) is 0 Å². The molecule has 10 heavy (non-hydrogen) atoms. The number of likely N-dealkylation sites (N-methyl/N-ethyl adjacent to an activating group) is 1. The third-order valence-electron chi connectivity index (χ3n) is 2.37. The summed E-state index contributed by atoms with van der Waals surface area (Å²) in [5.74, 6) is 0. The monoisotopic (exact) mass is 145 g/mol. The van der Waals surface area contributed by atoms with E-state index in [0.29, 0.717) is 6.54 Å². The van der Waals surface area contributed by atoms with E-state index in [9.17, 15) is 0 Å². The average Bonchev–Trinajstić information content (AvgIpc) is 2.68. The van der Waals surface area contributed by atoms with E-state index in [2.05, 4.69) is 0 Å². The quantitative estimate of drug-likeness (QED) is 0.557. The van der Waals surface area contributed by atoms with Crippen LogP contribution in [0, 0.1) is 0 Å². The van der Waals surface area contributed by atoms with Crippen LogP contribution in [0.25, 0.3) is 0 Å². The highest BCUT2D eigenvalue weighted by atomic mass is 16.3. The predicted octanol–water partition coefficient (Wildman–Crippen LogP) is -0.565. The SMILES string of the molecule is CN(CCO)C1(CO)CC1. The summed E-state index contributed by atoms with van der Waals surface area (Å²) in [6.07, 6.45) is 2.14. The van der Waals surface area contributed by atoms with E-state index < -0.39 is 0 Å². The Morgan fingerprint density at radius 3 is 2.30 bits per heavy atom. The first-order valence-electron chi connectivity index (χ1n) is 3.68. The lowest BCUT2D eigenvalue weighted by molar-refractivity contribution is 0.109. The molecule has 0 aromatic heterocycles. The van der Waals surface area contributed by atoms with E-state index >= 15 is 0 Å². The van der Waals surface area contributed by atoms with Gasteiger partial charge in [0, 0.05) is 12.1 Å². The molecule has 0 spiro atoms. The topological polar surface area (TPSA) is 43.7 Å². The molecule has 0 radical (unpaired) electrons. The van der Waals surface area contributed by atoms with E-state index in [1.807, 2.05) is 11.9 Å². The molecular formula is C7H15NO2. The third-order valence-corrected chi connectivity index (χ3v) is 2.37. The lowest BCUT2D eigenvalue weighted by Gasteiger charge is -2.24. The first-order valence-corrected chi connectivity index (χ1v) is 3.68. The number of hydrogen-bond acceptors (Lipinski definition) is 3. The second kappa shape index (κ2) is 2.86. The van der Waals surface area contributed by atoms with E-state index in [0.717, 1.165) is 12.8 Å². The van der Waals surface area contributed by atoms with Crippen molar-refractivity contribution in [3.05, 3.63) is 0 Å². The Labute approximate surface area is 61.3 Å². The van der Waals surface area contributed by atoms with Gasteiger partial charge < -0.3 is 10.2 Å². The molecule has 1 fully saturated rings. The van der Waals surface area contributed by atoms with Gasteiger partial charge >= 0.3 is 0 Å². The molecule has 0 heterocycles. The Morgan fingerprint density at radius 2 is 2.00 bits per heavy atom. The highest BCUT2D eigenvalue weighted by molar-refractivity contribution is 5.02. The van der Waals surface area contributed by atoms with Crippen molar-refractivity contribution in [3.8, 4) is 0 Å². The van der Waals surface area contributed by atoms with Crippen LogP contribution >= 0.6 is 0 Å². The average molecular weight is 145 g/mol. The molecule has 1 aliphatic carbocycles. The first-order chi connectivity index (χ1) is 4.75. The van der Waals surface area contributed by atoms with Crippen LogP contribution in [0.5, 0.6) is 0 Å². The van der Waals surface area contributed by atoms with Crippen molar-refractivity contribution in [1.29, 1.82) is 0 Å². The van der Waals surface area contributed by atoms with Gasteiger partial charge in [-0.1, -0.05) is 0 Å². The van der Waals surface area contributed by atoms with E-state index in [1.165, 1.54) is 0 Å². The van der Waals surface area contributed by atoms with Crippen molar-refractivity contribution in [2.45, 2.75) is 18.4 Å². The van der Waals surface area contributed by atoms with E-state index in [1.54, 1.807) is 0 Å². The maximum atomic E-state index is 8.93. The van der Waals surface area contributed by atoms with Gasteiger partial charge in [0.15, 0.2) is 0 Å². The maximum absolute atomic E-state index is 8.93. The van der Waals surface area contributed by atoms with Crippen LogP contribution < -0.4 is 0 Å². The zero-order chi connectivity index (χ0) is 7.61. The third kappa shape index (κ3) is 1.31. The molecule has 0 aromatic carbocycles. The Hall–Kier alpha value is -0.120. The van der Waals surface area contributed by atoms with Crippen molar-refractivity contribution in [2.75, 3.05) is 26.8 Å². The van der Waals surface area contributed by atoms with Gasteiger partial charge in [-0.05, 0) is 19.9 Å². The van der Waals surface area contributed by atoms with Crippen molar-refractivity contribution < 1.29 is 10.2 Å². The molecule has 1 aliphatic rings. The number of hydrogen-bond donors (Lipinski definition) is 2. The molecule has 0 aliphatic heterocycles. The van der Waals surface area contributed by atoms with Crippen LogP contribution in [0.3, 0.4) is 0 Å². The Morgan fingerprint density at radius 1 is 1.40 bits per heavy atom. The molecule has 2 N–H and O–H groups in total. The molecule has 1 rings (SSSR count). The summed E-state index contributed by atoms with van der Waals surface area (Å²) in [6.45, 7) is 1.07. The minimum Gasteiger partial charge on any atom is -0.395 e. The highest BCUT2D eigenvalue weighted by Gasteiger charge is 2.45. The van der Waals surface area contributed by atoms with Gasteiger partial charge in [0.1, 0.15) is 0 Å². The zero-order valence-corrected chi connectivity index (χ0v) is 6.38. The summed E-state index contributed by atoms with van der Waals surface area (Å²) in [7, 11) is 1.94. The Kier molecular flexibility index (Phi) is 2.28. The number of aliphatic hydroxyl groups excluding tert-OH is 2. The van der Waals surface area contributed by atoms with Crippen molar-refractivity contribution in [3.63, 3.8) is 0 Å². The van der Waals surface area contributed by atoms with Gasteiger partial charge in [-0.25, -0.2) is 0 Å². The molecule has 0 unspecified atom stereocenters. The highest BCUT2D eigenvalue weighted by Crippen LogP contribution is 2.39. The summed E-state index contributed by atoms with van der Waals surface area (Å²) < 4.78 is 0. The second-order valence-corrected chi connectivity index (χ2v) is 3.03. The summed E-state index contributed by atoms with van der Waals surface area (Å²) in [5, 5.41) is 17.5. The van der Waals surface area contributed by atoms with Crippen LogP contribution in [-0.4, -0.2) is 47.5 Å². The fraction of sp³-hybridized carbons (Fsp3) is 1.00. The number of nitrogens with zero attached hydrogens (tertiary/aromatic N) is 1. The van der Waals surface area contributed by atoms with Crippen LogP contribution in [-0.2, 0) is 0 Å². The van der Waals surface area contributed by atoms with Gasteiger partial charge in [0.05, 0.1) is 13.2 Å². The largest absolute Gasteiger partial charge is 0.395 e. The first kappa shape index (κ1) is 7.98. The summed E-state index contributed by atoms with van der Waals surface area (Å²) >= 11 is 0. The number of rotatable bonds is 4. The molecule has 3 heteroatoms. The fourth-order valence-electron chi connectivity index (χ4n) is 1.19. The predicted molar refractivity (Wildman–Crippen MR) is 38.8 cm³/mol.